The third-order valence-electron chi connectivity index (χ3n) is 4.26. The van der Waals surface area contributed by atoms with Crippen molar-refractivity contribution >= 4 is 39.1 Å². The number of rotatable bonds is 4. The van der Waals surface area contributed by atoms with E-state index in [0.717, 1.165) is 20.6 Å². The lowest BCUT2D eigenvalue weighted by atomic mass is 9.75. The fourth-order valence-corrected chi connectivity index (χ4v) is 4.41. The minimum absolute atomic E-state index is 0.0179. The van der Waals surface area contributed by atoms with E-state index in [4.69, 9.17) is 0 Å². The Morgan fingerprint density at radius 3 is 2.48 bits per heavy atom. The predicted octanol–water partition coefficient (Wildman–Crippen LogP) is 3.93. The summed E-state index contributed by atoms with van der Waals surface area (Å²) >= 11 is 4.88. The zero-order valence-electron chi connectivity index (χ0n) is 12.3. The number of hydrogen-bond donors (Lipinski definition) is 1. The third-order valence-corrected chi connectivity index (χ3v) is 6.38. The number of likely N-dealkylation sites (tertiary alicyclic amines) is 1. The van der Waals surface area contributed by atoms with Crippen LogP contribution in [0.5, 0.6) is 0 Å². The number of halogens is 1. The van der Waals surface area contributed by atoms with Crippen LogP contribution in [0.4, 0.5) is 0 Å². The van der Waals surface area contributed by atoms with Crippen LogP contribution >= 0.6 is 27.3 Å². The molecule has 6 heteroatoms. The van der Waals surface area contributed by atoms with E-state index in [9.17, 15) is 14.7 Å². The number of amides is 1. The maximum Gasteiger partial charge on any atom is 0.309 e. The van der Waals surface area contributed by atoms with Gasteiger partial charge < -0.3 is 10.0 Å². The van der Waals surface area contributed by atoms with E-state index in [2.05, 4.69) is 15.9 Å². The van der Waals surface area contributed by atoms with E-state index in [-0.39, 0.29) is 5.91 Å². The number of aryl methyl sites for hydroxylation is 1. The molecule has 0 aliphatic carbocycles. The van der Waals surface area contributed by atoms with E-state index in [1.807, 2.05) is 19.9 Å². The van der Waals surface area contributed by atoms with Gasteiger partial charge in [0.05, 0.1) is 14.1 Å². The highest BCUT2D eigenvalue weighted by atomic mass is 79.9. The van der Waals surface area contributed by atoms with Crippen LogP contribution in [0.1, 0.15) is 47.8 Å². The Bertz CT molecular complexity index is 528. The molecule has 0 aromatic carbocycles. The Morgan fingerprint density at radius 1 is 1.43 bits per heavy atom. The summed E-state index contributed by atoms with van der Waals surface area (Å²) in [5, 5.41) is 9.49. The molecular formula is C15H20BrNO3S. The van der Waals surface area contributed by atoms with Crippen LogP contribution in [-0.4, -0.2) is 35.0 Å². The van der Waals surface area contributed by atoms with Crippen molar-refractivity contribution in [3.05, 3.63) is 20.3 Å². The molecule has 0 spiro atoms. The van der Waals surface area contributed by atoms with E-state index < -0.39 is 11.4 Å². The smallest absolute Gasteiger partial charge is 0.309 e. The summed E-state index contributed by atoms with van der Waals surface area (Å²) in [5.41, 5.74) is 0.420. The minimum atomic E-state index is -0.717. The summed E-state index contributed by atoms with van der Waals surface area (Å²) in [6.45, 7) is 5.03. The van der Waals surface area contributed by atoms with Crippen molar-refractivity contribution in [3.63, 3.8) is 0 Å². The summed E-state index contributed by atoms with van der Waals surface area (Å²) in [6.07, 6.45) is 2.65. The molecule has 0 bridgehead atoms. The first-order valence-electron chi connectivity index (χ1n) is 7.18. The van der Waals surface area contributed by atoms with Gasteiger partial charge in [-0.25, -0.2) is 0 Å². The highest BCUT2D eigenvalue weighted by Crippen LogP contribution is 2.37. The van der Waals surface area contributed by atoms with Gasteiger partial charge >= 0.3 is 5.97 Å². The maximum atomic E-state index is 12.5. The van der Waals surface area contributed by atoms with Gasteiger partial charge in [-0.2, -0.15) is 0 Å². The summed E-state index contributed by atoms with van der Waals surface area (Å²) in [7, 11) is 0. The molecule has 2 heterocycles. The number of nitrogens with zero attached hydrogens (tertiary/aromatic N) is 1. The van der Waals surface area contributed by atoms with E-state index in [1.165, 1.54) is 11.3 Å². The van der Waals surface area contributed by atoms with Gasteiger partial charge in [0.1, 0.15) is 0 Å². The number of carboxylic acids is 1. The first-order chi connectivity index (χ1) is 9.89. The van der Waals surface area contributed by atoms with Gasteiger partial charge in [0.15, 0.2) is 0 Å². The fourth-order valence-electron chi connectivity index (χ4n) is 2.91. The molecule has 0 atom stereocenters. The molecule has 21 heavy (non-hydrogen) atoms. The average molecular weight is 374 g/mol. The normalized spacial score (nSPS) is 17.8. The molecule has 1 saturated heterocycles. The standard InChI is InChI=1S/C15H20BrNO3S/c1-3-4-15(14(19)20)5-7-17(8-6-15)13(18)11-9-10(2)12(16)21-11/h9H,3-8H2,1-2H3,(H,19,20). The first kappa shape index (κ1) is 16.5. The summed E-state index contributed by atoms with van der Waals surface area (Å²) in [4.78, 5) is 26.5. The van der Waals surface area contributed by atoms with Crippen LogP contribution in [-0.2, 0) is 4.79 Å². The fraction of sp³-hybridized carbons (Fsp3) is 0.600. The van der Waals surface area contributed by atoms with E-state index in [1.54, 1.807) is 4.90 Å². The molecule has 0 saturated carbocycles. The molecule has 1 aliphatic rings. The molecule has 0 unspecified atom stereocenters. The van der Waals surface area contributed by atoms with Crippen molar-refractivity contribution in [1.82, 2.24) is 4.90 Å². The van der Waals surface area contributed by atoms with Crippen LogP contribution in [0.3, 0.4) is 0 Å². The second kappa shape index (κ2) is 6.48. The zero-order valence-corrected chi connectivity index (χ0v) is 14.7. The number of aliphatic carboxylic acids is 1. The van der Waals surface area contributed by atoms with Crippen molar-refractivity contribution in [1.29, 1.82) is 0 Å². The topological polar surface area (TPSA) is 57.6 Å². The Labute approximate surface area is 137 Å². The number of carbonyl (C=O) groups excluding carboxylic acids is 1. The van der Waals surface area contributed by atoms with E-state index >= 15 is 0 Å². The summed E-state index contributed by atoms with van der Waals surface area (Å²) < 4.78 is 0.980. The van der Waals surface area contributed by atoms with Crippen LogP contribution in [0.15, 0.2) is 9.85 Å². The Balaban J connectivity index is 2.06. The highest BCUT2D eigenvalue weighted by molar-refractivity contribution is 9.11. The number of piperidine rings is 1. The monoisotopic (exact) mass is 373 g/mol. The lowest BCUT2D eigenvalue weighted by Gasteiger charge is -2.38. The predicted molar refractivity (Wildman–Crippen MR) is 86.9 cm³/mol. The molecule has 1 aliphatic heterocycles. The number of carbonyl (C=O) groups is 2. The Hall–Kier alpha value is -0.880. The van der Waals surface area contributed by atoms with Crippen molar-refractivity contribution in [2.24, 2.45) is 5.41 Å². The molecule has 2 rings (SSSR count). The zero-order chi connectivity index (χ0) is 15.6. The van der Waals surface area contributed by atoms with Crippen molar-refractivity contribution < 1.29 is 14.7 Å². The quantitative estimate of drug-likeness (QED) is 0.869. The molecule has 0 radical (unpaired) electrons. The van der Waals surface area contributed by atoms with Gasteiger partial charge in [-0.3, -0.25) is 9.59 Å². The summed E-state index contributed by atoms with van der Waals surface area (Å²) in [5.74, 6) is -0.699. The Morgan fingerprint density at radius 2 is 2.05 bits per heavy atom. The molecule has 1 aromatic rings. The van der Waals surface area contributed by atoms with Crippen LogP contribution in [0.2, 0.25) is 0 Å². The summed E-state index contributed by atoms with van der Waals surface area (Å²) in [6, 6.07) is 1.89. The highest BCUT2D eigenvalue weighted by Gasteiger charge is 2.41. The van der Waals surface area contributed by atoms with Gasteiger partial charge in [0.25, 0.3) is 5.91 Å². The second-order valence-corrected chi connectivity index (χ2v) is 8.07. The molecule has 1 N–H and O–H groups in total. The van der Waals surface area contributed by atoms with Gasteiger partial charge in [0, 0.05) is 13.1 Å². The maximum absolute atomic E-state index is 12.5. The number of thiophene rings is 1. The van der Waals surface area contributed by atoms with Gasteiger partial charge in [-0.05, 0) is 53.7 Å². The third kappa shape index (κ3) is 3.31. The molecule has 1 aromatic heterocycles. The lowest BCUT2D eigenvalue weighted by molar-refractivity contribution is -0.152. The molecule has 1 fully saturated rings. The largest absolute Gasteiger partial charge is 0.481 e. The SMILES string of the molecule is CCCC1(C(=O)O)CCN(C(=O)c2cc(C)c(Br)s2)CC1. The lowest BCUT2D eigenvalue weighted by Crippen LogP contribution is -2.46. The van der Waals surface area contributed by atoms with Gasteiger partial charge in [0.2, 0.25) is 0 Å². The second-order valence-electron chi connectivity index (χ2n) is 5.70. The van der Waals surface area contributed by atoms with Crippen LogP contribution in [0.25, 0.3) is 0 Å². The number of carboxylic acid groups (broad SMARTS) is 1. The van der Waals surface area contributed by atoms with Crippen molar-refractivity contribution in [3.8, 4) is 0 Å². The van der Waals surface area contributed by atoms with Crippen molar-refractivity contribution in [2.75, 3.05) is 13.1 Å². The van der Waals surface area contributed by atoms with E-state index in [0.29, 0.717) is 32.4 Å². The molecule has 116 valence electrons. The van der Waals surface area contributed by atoms with Gasteiger partial charge in [-0.1, -0.05) is 13.3 Å². The Kier molecular flexibility index (Phi) is 5.09. The molecular weight excluding hydrogens is 354 g/mol. The molecule has 1 amide bonds. The van der Waals surface area contributed by atoms with Crippen LogP contribution in [0, 0.1) is 12.3 Å². The number of hydrogen-bond acceptors (Lipinski definition) is 3. The average Bonchev–Trinajstić information content (AvgIpc) is 2.79. The van der Waals surface area contributed by atoms with Gasteiger partial charge in [-0.15, -0.1) is 11.3 Å². The minimum Gasteiger partial charge on any atom is -0.481 e. The van der Waals surface area contributed by atoms with Crippen LogP contribution < -0.4 is 0 Å². The first-order valence-corrected chi connectivity index (χ1v) is 8.79. The van der Waals surface area contributed by atoms with Crippen molar-refractivity contribution in [2.45, 2.75) is 39.5 Å². The molecule has 4 nitrogen and oxygen atoms in total.